The summed E-state index contributed by atoms with van der Waals surface area (Å²) in [6.07, 6.45) is 4.27. The van der Waals surface area contributed by atoms with Gasteiger partial charge in [-0.15, -0.1) is 0 Å². The Balaban J connectivity index is 2.44. The first-order chi connectivity index (χ1) is 6.52. The van der Waals surface area contributed by atoms with Crippen molar-refractivity contribution in [1.82, 2.24) is 10.2 Å². The van der Waals surface area contributed by atoms with Crippen molar-refractivity contribution in [2.24, 2.45) is 11.1 Å². The first-order valence-corrected chi connectivity index (χ1v) is 5.30. The number of aryl methyl sites for hydroxylation is 1. The van der Waals surface area contributed by atoms with Gasteiger partial charge in [0.05, 0.1) is 6.20 Å². The Hall–Kier alpha value is -0.830. The molecule has 2 unspecified atom stereocenters. The molecule has 2 atom stereocenters. The van der Waals surface area contributed by atoms with Gasteiger partial charge in [-0.25, -0.2) is 0 Å². The lowest BCUT2D eigenvalue weighted by molar-refractivity contribution is 0.217. The lowest BCUT2D eigenvalue weighted by Crippen LogP contribution is -2.39. The van der Waals surface area contributed by atoms with Crippen LogP contribution in [0.5, 0.6) is 0 Å². The molecule has 78 valence electrons. The number of hydrogen-bond acceptors (Lipinski definition) is 2. The molecule has 0 amide bonds. The van der Waals surface area contributed by atoms with E-state index < -0.39 is 0 Å². The molecule has 0 saturated carbocycles. The summed E-state index contributed by atoms with van der Waals surface area (Å²) in [6, 6.07) is 0.185. The molecule has 0 saturated heterocycles. The van der Waals surface area contributed by atoms with Crippen molar-refractivity contribution in [1.29, 1.82) is 0 Å². The molecule has 0 spiro atoms. The van der Waals surface area contributed by atoms with Crippen LogP contribution in [-0.2, 0) is 6.42 Å². The molecule has 3 N–H and O–H groups in total. The fourth-order valence-corrected chi connectivity index (χ4v) is 2.77. The second kappa shape index (κ2) is 3.09. The van der Waals surface area contributed by atoms with E-state index in [-0.39, 0.29) is 11.5 Å². The summed E-state index contributed by atoms with van der Waals surface area (Å²) in [7, 11) is 0. The molecule has 14 heavy (non-hydrogen) atoms. The summed E-state index contributed by atoms with van der Waals surface area (Å²) in [5.74, 6) is 0.411. The Bertz CT molecular complexity index is 325. The SMILES string of the molecule is CC(N)C1c2[nH]ncc2CCC1(C)C. The van der Waals surface area contributed by atoms with Crippen molar-refractivity contribution in [2.45, 2.75) is 45.6 Å². The van der Waals surface area contributed by atoms with E-state index in [1.807, 2.05) is 6.20 Å². The van der Waals surface area contributed by atoms with E-state index in [2.05, 4.69) is 31.0 Å². The van der Waals surface area contributed by atoms with Gasteiger partial charge in [0.15, 0.2) is 0 Å². The largest absolute Gasteiger partial charge is 0.327 e. The van der Waals surface area contributed by atoms with E-state index in [9.17, 15) is 0 Å². The average Bonchev–Trinajstić information content (AvgIpc) is 2.48. The Morgan fingerprint density at radius 1 is 1.64 bits per heavy atom. The summed E-state index contributed by atoms with van der Waals surface area (Å²) in [6.45, 7) is 6.68. The molecule has 1 heterocycles. The van der Waals surface area contributed by atoms with Gasteiger partial charge in [-0.2, -0.15) is 5.10 Å². The molecular formula is C11H19N3. The third-order valence-corrected chi connectivity index (χ3v) is 3.47. The van der Waals surface area contributed by atoms with Crippen molar-refractivity contribution in [2.75, 3.05) is 0 Å². The number of aromatic nitrogens is 2. The van der Waals surface area contributed by atoms with Crippen molar-refractivity contribution in [3.05, 3.63) is 17.5 Å². The number of fused-ring (bicyclic) bond motifs is 1. The monoisotopic (exact) mass is 193 g/mol. The normalized spacial score (nSPS) is 27.0. The predicted octanol–water partition coefficient (Wildman–Crippen LogP) is 1.81. The van der Waals surface area contributed by atoms with Crippen LogP contribution in [0.4, 0.5) is 0 Å². The summed E-state index contributed by atoms with van der Waals surface area (Å²) in [5.41, 5.74) is 8.97. The molecule has 2 rings (SSSR count). The van der Waals surface area contributed by atoms with E-state index in [1.54, 1.807) is 0 Å². The first-order valence-electron chi connectivity index (χ1n) is 5.30. The van der Waals surface area contributed by atoms with Crippen molar-refractivity contribution >= 4 is 0 Å². The highest BCUT2D eigenvalue weighted by Gasteiger charge is 2.39. The molecule has 3 heteroatoms. The number of nitrogens with two attached hydrogens (primary N) is 1. The van der Waals surface area contributed by atoms with Gasteiger partial charge in [-0.05, 0) is 30.7 Å². The zero-order chi connectivity index (χ0) is 10.3. The molecule has 0 bridgehead atoms. The molecule has 1 aliphatic rings. The molecule has 0 fully saturated rings. The van der Waals surface area contributed by atoms with E-state index in [1.165, 1.54) is 17.7 Å². The van der Waals surface area contributed by atoms with Crippen LogP contribution in [0.3, 0.4) is 0 Å². The number of nitrogens with zero attached hydrogens (tertiary/aromatic N) is 1. The fraction of sp³-hybridized carbons (Fsp3) is 0.727. The van der Waals surface area contributed by atoms with Crippen LogP contribution in [0, 0.1) is 5.41 Å². The van der Waals surface area contributed by atoms with Gasteiger partial charge in [0.2, 0.25) is 0 Å². The third kappa shape index (κ3) is 1.36. The van der Waals surface area contributed by atoms with E-state index >= 15 is 0 Å². The lowest BCUT2D eigenvalue weighted by Gasteiger charge is -2.40. The molecule has 1 aromatic heterocycles. The maximum absolute atomic E-state index is 6.07. The minimum atomic E-state index is 0.185. The number of H-pyrrole nitrogens is 1. The van der Waals surface area contributed by atoms with Crippen LogP contribution >= 0.6 is 0 Å². The maximum Gasteiger partial charge on any atom is 0.0522 e. The standard InChI is InChI=1S/C11H19N3/c1-7(12)9-10-8(6-13-14-10)4-5-11(9,2)3/h6-7,9H,4-5,12H2,1-3H3,(H,13,14). The van der Waals surface area contributed by atoms with Crippen LogP contribution in [-0.4, -0.2) is 16.2 Å². The Labute approximate surface area is 85.1 Å². The highest BCUT2D eigenvalue weighted by molar-refractivity contribution is 5.27. The highest BCUT2D eigenvalue weighted by Crippen LogP contribution is 2.45. The zero-order valence-electron chi connectivity index (χ0n) is 9.17. The molecule has 0 aliphatic heterocycles. The van der Waals surface area contributed by atoms with Crippen LogP contribution in [0.2, 0.25) is 0 Å². The molecule has 3 nitrogen and oxygen atoms in total. The molecule has 1 aromatic rings. The van der Waals surface area contributed by atoms with Gasteiger partial charge >= 0.3 is 0 Å². The predicted molar refractivity (Wildman–Crippen MR) is 57.1 cm³/mol. The van der Waals surface area contributed by atoms with Crippen molar-refractivity contribution in [3.63, 3.8) is 0 Å². The maximum atomic E-state index is 6.07. The summed E-state index contributed by atoms with van der Waals surface area (Å²) >= 11 is 0. The second-order valence-electron chi connectivity index (χ2n) is 5.13. The molecular weight excluding hydrogens is 174 g/mol. The zero-order valence-corrected chi connectivity index (χ0v) is 9.17. The second-order valence-corrected chi connectivity index (χ2v) is 5.13. The number of rotatable bonds is 1. The average molecular weight is 193 g/mol. The molecule has 1 aliphatic carbocycles. The number of nitrogens with one attached hydrogen (secondary N) is 1. The van der Waals surface area contributed by atoms with Crippen molar-refractivity contribution < 1.29 is 0 Å². The Morgan fingerprint density at radius 3 is 3.00 bits per heavy atom. The highest BCUT2D eigenvalue weighted by atomic mass is 15.1. The third-order valence-electron chi connectivity index (χ3n) is 3.47. The van der Waals surface area contributed by atoms with Gasteiger partial charge in [-0.3, -0.25) is 5.10 Å². The summed E-state index contributed by atoms with van der Waals surface area (Å²) in [5, 5.41) is 7.24. The first kappa shape index (κ1) is 9.71. The van der Waals surface area contributed by atoms with E-state index in [4.69, 9.17) is 5.73 Å². The van der Waals surface area contributed by atoms with Crippen LogP contribution < -0.4 is 5.73 Å². The smallest absolute Gasteiger partial charge is 0.0522 e. The van der Waals surface area contributed by atoms with Gasteiger partial charge in [0.1, 0.15) is 0 Å². The van der Waals surface area contributed by atoms with Gasteiger partial charge < -0.3 is 5.73 Å². The van der Waals surface area contributed by atoms with Gasteiger partial charge in [0, 0.05) is 17.7 Å². The van der Waals surface area contributed by atoms with Gasteiger partial charge in [0.25, 0.3) is 0 Å². The molecule has 0 radical (unpaired) electrons. The quantitative estimate of drug-likeness (QED) is 0.714. The number of hydrogen-bond donors (Lipinski definition) is 2. The Morgan fingerprint density at radius 2 is 2.36 bits per heavy atom. The minimum Gasteiger partial charge on any atom is -0.327 e. The Kier molecular flexibility index (Phi) is 2.14. The summed E-state index contributed by atoms with van der Waals surface area (Å²) < 4.78 is 0. The topological polar surface area (TPSA) is 54.7 Å². The van der Waals surface area contributed by atoms with E-state index in [0.29, 0.717) is 5.92 Å². The fourth-order valence-electron chi connectivity index (χ4n) is 2.77. The van der Waals surface area contributed by atoms with Crippen molar-refractivity contribution in [3.8, 4) is 0 Å². The lowest BCUT2D eigenvalue weighted by atomic mass is 9.66. The summed E-state index contributed by atoms with van der Waals surface area (Å²) in [4.78, 5) is 0. The van der Waals surface area contributed by atoms with Crippen LogP contribution in [0.25, 0.3) is 0 Å². The van der Waals surface area contributed by atoms with Crippen LogP contribution in [0.1, 0.15) is 44.4 Å². The number of aromatic amines is 1. The van der Waals surface area contributed by atoms with Gasteiger partial charge in [-0.1, -0.05) is 13.8 Å². The minimum absolute atomic E-state index is 0.185. The molecule has 0 aromatic carbocycles. The van der Waals surface area contributed by atoms with Crippen LogP contribution in [0.15, 0.2) is 6.20 Å². The van der Waals surface area contributed by atoms with E-state index in [0.717, 1.165) is 6.42 Å².